The molecule has 0 rings (SSSR count). The maximum atomic E-state index is 10.3. The van der Waals surface area contributed by atoms with Gasteiger partial charge >= 0.3 is 11.9 Å². The van der Waals surface area contributed by atoms with Crippen molar-refractivity contribution in [1.82, 2.24) is 0 Å². The van der Waals surface area contributed by atoms with Crippen molar-refractivity contribution in [1.29, 1.82) is 0 Å². The molecule has 0 N–H and O–H groups in total. The Morgan fingerprint density at radius 3 is 1.17 bits per heavy atom. The van der Waals surface area contributed by atoms with E-state index in [1.165, 1.54) is 44.9 Å². The predicted molar refractivity (Wildman–Crippen MR) is 71.1 cm³/mol. The van der Waals surface area contributed by atoms with Gasteiger partial charge in [0.1, 0.15) is 6.42 Å². The molecule has 5 heteroatoms. The van der Waals surface area contributed by atoms with E-state index in [-0.39, 0.29) is 6.42 Å². The van der Waals surface area contributed by atoms with Gasteiger partial charge in [-0.3, -0.25) is 9.59 Å². The fraction of sp³-hybridized carbons (Fsp3) is 0.846. The number of carbonyl (C=O) groups is 2. The Labute approximate surface area is 111 Å². The molecule has 0 aliphatic heterocycles. The normalized spacial score (nSPS) is 10.1. The minimum Gasteiger partial charge on any atom is -0.469 e. The molecule has 0 aromatic carbocycles. The number of methoxy groups -OCH3 is 2. The first-order valence-corrected chi connectivity index (χ1v) is 6.43. The molecule has 0 heterocycles. The van der Waals surface area contributed by atoms with E-state index >= 15 is 0 Å². The summed E-state index contributed by atoms with van der Waals surface area (Å²) in [4.78, 5) is 20.5. The number of quaternary nitrogens is 1. The summed E-state index contributed by atoms with van der Waals surface area (Å²) in [6.07, 6.45) is -0.312. The number of ether oxygens (including phenoxy) is 2. The summed E-state index contributed by atoms with van der Waals surface area (Å²) < 4.78 is 9.64. The molecule has 0 saturated carbocycles. The lowest BCUT2D eigenvalue weighted by Gasteiger charge is -2.34. The van der Waals surface area contributed by atoms with Crippen molar-refractivity contribution in [2.45, 2.75) is 34.1 Å². The lowest BCUT2D eigenvalue weighted by Crippen LogP contribution is -2.47. The van der Waals surface area contributed by atoms with Crippen LogP contribution in [-0.4, -0.2) is 56.8 Å². The van der Waals surface area contributed by atoms with Crippen molar-refractivity contribution < 1.29 is 23.5 Å². The maximum absolute atomic E-state index is 10.3. The summed E-state index contributed by atoms with van der Waals surface area (Å²) in [7, 11) is 2.43. The highest BCUT2D eigenvalue weighted by molar-refractivity contribution is 5.90. The zero-order valence-electron chi connectivity index (χ0n) is 12.6. The van der Waals surface area contributed by atoms with Gasteiger partial charge in [0, 0.05) is 0 Å². The lowest BCUT2D eigenvalue weighted by molar-refractivity contribution is -0.921. The van der Waals surface area contributed by atoms with E-state index in [1.807, 2.05) is 0 Å². The minimum atomic E-state index is -0.582. The van der Waals surface area contributed by atoms with E-state index in [2.05, 4.69) is 37.2 Å². The van der Waals surface area contributed by atoms with Crippen molar-refractivity contribution in [3.8, 4) is 0 Å². The van der Waals surface area contributed by atoms with E-state index in [0.717, 1.165) is 0 Å². The Balaban J connectivity index is 0. The third-order valence-corrected chi connectivity index (χ3v) is 3.43. The van der Waals surface area contributed by atoms with Gasteiger partial charge in [0.05, 0.1) is 40.4 Å². The Morgan fingerprint density at radius 1 is 0.778 bits per heavy atom. The number of hydrogen-bond donors (Lipinski definition) is 0. The van der Waals surface area contributed by atoms with Gasteiger partial charge in [-0.05, 0) is 27.7 Å². The number of rotatable bonds is 6. The van der Waals surface area contributed by atoms with Crippen molar-refractivity contribution in [2.75, 3.05) is 40.4 Å². The molecule has 0 fully saturated rings. The van der Waals surface area contributed by atoms with Gasteiger partial charge in [0.2, 0.25) is 0 Å². The fourth-order valence-electron chi connectivity index (χ4n) is 1.60. The average molecular weight is 262 g/mol. The molecule has 0 radical (unpaired) electrons. The highest BCUT2D eigenvalue weighted by Crippen LogP contribution is 2.03. The summed E-state index contributed by atoms with van der Waals surface area (Å²) in [5, 5.41) is 0. The molecule has 18 heavy (non-hydrogen) atoms. The first-order chi connectivity index (χ1) is 8.44. The number of esters is 2. The number of nitrogens with zero attached hydrogens (tertiary/aromatic N) is 1. The molecule has 0 saturated heterocycles. The second-order valence-electron chi connectivity index (χ2n) is 3.94. The molecule has 0 spiro atoms. The zero-order chi connectivity index (χ0) is 14.6. The Morgan fingerprint density at radius 2 is 1.06 bits per heavy atom. The van der Waals surface area contributed by atoms with Crippen molar-refractivity contribution >= 4 is 11.9 Å². The standard InChI is InChI=1S/C8H20N.C5H8O4/c1-5-9(6-2,7-3)8-4;1-8-4(6)3-5(7)9-2/h5-8H2,1-4H3;3H2,1-2H3/q+1;. The second-order valence-corrected chi connectivity index (χ2v) is 3.94. The van der Waals surface area contributed by atoms with Gasteiger partial charge in [0.25, 0.3) is 0 Å². The highest BCUT2D eigenvalue weighted by Gasteiger charge is 2.16. The third kappa shape index (κ3) is 8.06. The van der Waals surface area contributed by atoms with Crippen LogP contribution in [-0.2, 0) is 19.1 Å². The van der Waals surface area contributed by atoms with Crippen LogP contribution in [0.4, 0.5) is 0 Å². The number of carbonyl (C=O) groups excluding carboxylic acids is 2. The zero-order valence-corrected chi connectivity index (χ0v) is 12.6. The highest BCUT2D eigenvalue weighted by atomic mass is 16.5. The van der Waals surface area contributed by atoms with Gasteiger partial charge in [-0.1, -0.05) is 0 Å². The van der Waals surface area contributed by atoms with Gasteiger partial charge in [-0.15, -0.1) is 0 Å². The van der Waals surface area contributed by atoms with E-state index in [9.17, 15) is 9.59 Å². The molecule has 0 aromatic heterocycles. The summed E-state index contributed by atoms with van der Waals surface area (Å²) >= 11 is 0. The topological polar surface area (TPSA) is 52.6 Å². The molecule has 108 valence electrons. The minimum absolute atomic E-state index is 0.312. The molecule has 0 aromatic rings. The summed E-state index contributed by atoms with van der Waals surface area (Å²) in [6.45, 7) is 14.2. The molecular weight excluding hydrogens is 234 g/mol. The SMILES string of the molecule is CC[N+](CC)(CC)CC.COC(=O)CC(=O)OC. The maximum Gasteiger partial charge on any atom is 0.316 e. The monoisotopic (exact) mass is 262 g/mol. The Bertz CT molecular complexity index is 206. The van der Waals surface area contributed by atoms with Crippen LogP contribution in [0.5, 0.6) is 0 Å². The van der Waals surface area contributed by atoms with Crippen molar-refractivity contribution in [3.63, 3.8) is 0 Å². The molecule has 0 atom stereocenters. The van der Waals surface area contributed by atoms with Crippen molar-refractivity contribution in [3.05, 3.63) is 0 Å². The van der Waals surface area contributed by atoms with Gasteiger partial charge < -0.3 is 14.0 Å². The van der Waals surface area contributed by atoms with Crippen LogP contribution in [0.2, 0.25) is 0 Å². The summed E-state index contributed by atoms with van der Waals surface area (Å²) in [6, 6.07) is 0. The van der Waals surface area contributed by atoms with Crippen LogP contribution < -0.4 is 0 Å². The second kappa shape index (κ2) is 11.0. The largest absolute Gasteiger partial charge is 0.469 e. The van der Waals surface area contributed by atoms with Gasteiger partial charge in [0.15, 0.2) is 0 Å². The molecule has 5 nitrogen and oxygen atoms in total. The molecule has 0 bridgehead atoms. The molecule has 0 aliphatic carbocycles. The van der Waals surface area contributed by atoms with E-state index in [4.69, 9.17) is 0 Å². The average Bonchev–Trinajstić information content (AvgIpc) is 2.42. The molecule has 0 aliphatic rings. The summed E-state index contributed by atoms with van der Waals surface area (Å²) in [5.74, 6) is -1.16. The third-order valence-electron chi connectivity index (χ3n) is 3.43. The van der Waals surface area contributed by atoms with Crippen LogP contribution in [0.25, 0.3) is 0 Å². The quantitative estimate of drug-likeness (QED) is 0.414. The van der Waals surface area contributed by atoms with Crippen LogP contribution >= 0.6 is 0 Å². The van der Waals surface area contributed by atoms with E-state index in [0.29, 0.717) is 0 Å². The predicted octanol–water partition coefficient (Wildman–Crippen LogP) is 1.61. The van der Waals surface area contributed by atoms with Gasteiger partial charge in [-0.25, -0.2) is 0 Å². The van der Waals surface area contributed by atoms with Crippen LogP contribution in [0.1, 0.15) is 34.1 Å². The van der Waals surface area contributed by atoms with E-state index < -0.39 is 11.9 Å². The fourth-order valence-corrected chi connectivity index (χ4v) is 1.60. The molecule has 0 amide bonds. The first-order valence-electron chi connectivity index (χ1n) is 6.43. The molecular formula is C13H28NO4+. The van der Waals surface area contributed by atoms with Gasteiger partial charge in [-0.2, -0.15) is 0 Å². The molecule has 0 unspecified atom stereocenters. The van der Waals surface area contributed by atoms with Crippen LogP contribution in [0.15, 0.2) is 0 Å². The lowest BCUT2D eigenvalue weighted by atomic mass is 10.3. The summed E-state index contributed by atoms with van der Waals surface area (Å²) in [5.41, 5.74) is 0. The first kappa shape index (κ1) is 19.2. The van der Waals surface area contributed by atoms with E-state index in [1.54, 1.807) is 0 Å². The van der Waals surface area contributed by atoms with Crippen LogP contribution in [0, 0.1) is 0 Å². The Hall–Kier alpha value is -1.10. The van der Waals surface area contributed by atoms with Crippen molar-refractivity contribution in [2.24, 2.45) is 0 Å². The van der Waals surface area contributed by atoms with Crippen LogP contribution in [0.3, 0.4) is 0 Å². The smallest absolute Gasteiger partial charge is 0.316 e. The Kier molecular flexibility index (Phi) is 11.8. The number of hydrogen-bond acceptors (Lipinski definition) is 4.